The molecule has 170 valence electrons. The predicted molar refractivity (Wildman–Crippen MR) is 122 cm³/mol. The predicted octanol–water partition coefficient (Wildman–Crippen LogP) is 4.24. The van der Waals surface area contributed by atoms with Crippen molar-refractivity contribution in [1.29, 1.82) is 0 Å². The number of likely N-dealkylation sites (tertiary alicyclic amines) is 1. The summed E-state index contributed by atoms with van der Waals surface area (Å²) in [7, 11) is 0. The third kappa shape index (κ3) is 6.29. The molecule has 2 aromatic rings. The summed E-state index contributed by atoms with van der Waals surface area (Å²) in [6.45, 7) is 4.93. The topological polar surface area (TPSA) is 90.5 Å². The minimum Gasteiger partial charge on any atom is -0.353 e. The number of piperidine rings is 1. The number of nitrogens with one attached hydrogen (secondary N) is 3. The van der Waals surface area contributed by atoms with Gasteiger partial charge in [-0.25, -0.2) is 9.18 Å². The molecule has 0 saturated carbocycles. The van der Waals surface area contributed by atoms with Gasteiger partial charge in [0.1, 0.15) is 5.82 Å². The molecular formula is C24H29FN4O3. The molecule has 32 heavy (non-hydrogen) atoms. The SMILES string of the molecule is CCC(C)NC(=O)C1CCCN(C(=O)Nc2cccc(NC(=O)c3ccc(F)cc3)c2)C1. The Balaban J connectivity index is 1.58. The fourth-order valence-electron chi connectivity index (χ4n) is 3.52. The monoisotopic (exact) mass is 440 g/mol. The first-order chi connectivity index (χ1) is 15.4. The summed E-state index contributed by atoms with van der Waals surface area (Å²) >= 11 is 0. The lowest BCUT2D eigenvalue weighted by atomic mass is 9.97. The number of carbonyl (C=O) groups excluding carboxylic acids is 3. The molecule has 2 unspecified atom stereocenters. The molecule has 1 heterocycles. The van der Waals surface area contributed by atoms with Crippen molar-refractivity contribution >= 4 is 29.2 Å². The first-order valence-corrected chi connectivity index (χ1v) is 10.9. The van der Waals surface area contributed by atoms with Crippen molar-refractivity contribution in [2.24, 2.45) is 5.92 Å². The maximum atomic E-state index is 13.0. The standard InChI is InChI=1S/C24H29FN4O3/c1-3-16(2)26-23(31)18-6-5-13-29(15-18)24(32)28-21-8-4-7-20(14-21)27-22(30)17-9-11-19(25)12-10-17/h4,7-12,14,16,18H,3,5-6,13,15H2,1-2H3,(H,26,31)(H,27,30)(H,28,32). The summed E-state index contributed by atoms with van der Waals surface area (Å²) in [4.78, 5) is 39.2. The van der Waals surface area contributed by atoms with Gasteiger partial charge in [-0.1, -0.05) is 13.0 Å². The molecule has 0 aromatic heterocycles. The van der Waals surface area contributed by atoms with E-state index < -0.39 is 5.82 Å². The Morgan fingerprint density at radius 3 is 2.47 bits per heavy atom. The van der Waals surface area contributed by atoms with Crippen molar-refractivity contribution in [1.82, 2.24) is 10.2 Å². The van der Waals surface area contributed by atoms with Crippen LogP contribution in [0.4, 0.5) is 20.6 Å². The summed E-state index contributed by atoms with van der Waals surface area (Å²) in [6, 6.07) is 11.9. The first kappa shape index (κ1) is 23.2. The quantitative estimate of drug-likeness (QED) is 0.628. The second-order valence-electron chi connectivity index (χ2n) is 8.08. The molecule has 1 fully saturated rings. The van der Waals surface area contributed by atoms with Gasteiger partial charge in [-0.15, -0.1) is 0 Å². The molecule has 1 aliphatic rings. The third-order valence-corrected chi connectivity index (χ3v) is 5.56. The normalized spacial score (nSPS) is 16.7. The molecule has 8 heteroatoms. The van der Waals surface area contributed by atoms with Gasteiger partial charge in [-0.2, -0.15) is 0 Å². The summed E-state index contributed by atoms with van der Waals surface area (Å²) < 4.78 is 13.0. The Labute approximate surface area is 187 Å². The van der Waals surface area contributed by atoms with Crippen LogP contribution >= 0.6 is 0 Å². The van der Waals surface area contributed by atoms with Gasteiger partial charge in [0.2, 0.25) is 5.91 Å². The van der Waals surface area contributed by atoms with Gasteiger partial charge in [0.25, 0.3) is 5.91 Å². The van der Waals surface area contributed by atoms with Gasteiger partial charge in [-0.05, 0) is 68.7 Å². The Morgan fingerprint density at radius 2 is 1.78 bits per heavy atom. The molecule has 0 radical (unpaired) electrons. The molecule has 1 aliphatic heterocycles. The minimum absolute atomic E-state index is 0.0117. The van der Waals surface area contributed by atoms with Gasteiger partial charge in [-0.3, -0.25) is 9.59 Å². The van der Waals surface area contributed by atoms with Crippen LogP contribution in [0.1, 0.15) is 43.5 Å². The highest BCUT2D eigenvalue weighted by molar-refractivity contribution is 6.04. The van der Waals surface area contributed by atoms with Crippen LogP contribution in [0.3, 0.4) is 0 Å². The summed E-state index contributed by atoms with van der Waals surface area (Å²) in [5, 5.41) is 8.57. The molecule has 2 atom stereocenters. The average Bonchev–Trinajstić information content (AvgIpc) is 2.79. The Kier molecular flexibility index (Phi) is 7.81. The molecule has 2 aromatic carbocycles. The van der Waals surface area contributed by atoms with Crippen LogP contribution in [0.25, 0.3) is 0 Å². The fourth-order valence-corrected chi connectivity index (χ4v) is 3.52. The van der Waals surface area contributed by atoms with Gasteiger partial charge in [0.15, 0.2) is 0 Å². The molecule has 4 amide bonds. The number of benzene rings is 2. The number of carbonyl (C=O) groups is 3. The Hall–Kier alpha value is -3.42. The van der Waals surface area contributed by atoms with Gasteiger partial charge in [0, 0.05) is 36.1 Å². The van der Waals surface area contributed by atoms with Crippen LogP contribution in [0.2, 0.25) is 0 Å². The lowest BCUT2D eigenvalue weighted by Crippen LogP contribution is -2.48. The van der Waals surface area contributed by atoms with Crippen LogP contribution < -0.4 is 16.0 Å². The number of amides is 4. The largest absolute Gasteiger partial charge is 0.353 e. The summed E-state index contributed by atoms with van der Waals surface area (Å²) in [6.07, 6.45) is 2.38. The van der Waals surface area contributed by atoms with Gasteiger partial charge < -0.3 is 20.9 Å². The lowest BCUT2D eigenvalue weighted by molar-refractivity contribution is -0.126. The van der Waals surface area contributed by atoms with Crippen molar-refractivity contribution in [3.8, 4) is 0 Å². The summed E-state index contributed by atoms with van der Waals surface area (Å²) in [5.74, 6) is -1.02. The highest BCUT2D eigenvalue weighted by Crippen LogP contribution is 2.20. The zero-order valence-electron chi connectivity index (χ0n) is 18.4. The van der Waals surface area contributed by atoms with Crippen molar-refractivity contribution in [3.05, 3.63) is 59.9 Å². The zero-order valence-corrected chi connectivity index (χ0v) is 18.4. The molecule has 0 aliphatic carbocycles. The highest BCUT2D eigenvalue weighted by atomic mass is 19.1. The molecule has 0 spiro atoms. The molecule has 3 rings (SSSR count). The number of anilines is 2. The van der Waals surface area contributed by atoms with Crippen LogP contribution in [-0.4, -0.2) is 41.9 Å². The maximum absolute atomic E-state index is 13.0. The van der Waals surface area contributed by atoms with Crippen LogP contribution in [-0.2, 0) is 4.79 Å². The van der Waals surface area contributed by atoms with Crippen LogP contribution in [0.15, 0.2) is 48.5 Å². The van der Waals surface area contributed by atoms with E-state index in [0.29, 0.717) is 30.0 Å². The van der Waals surface area contributed by atoms with E-state index in [1.54, 1.807) is 29.2 Å². The van der Waals surface area contributed by atoms with E-state index in [2.05, 4.69) is 16.0 Å². The van der Waals surface area contributed by atoms with Gasteiger partial charge >= 0.3 is 6.03 Å². The van der Waals surface area contributed by atoms with E-state index >= 15 is 0 Å². The third-order valence-electron chi connectivity index (χ3n) is 5.56. The molecule has 7 nitrogen and oxygen atoms in total. The van der Waals surface area contributed by atoms with E-state index in [1.807, 2.05) is 13.8 Å². The van der Waals surface area contributed by atoms with Crippen molar-refractivity contribution in [2.45, 2.75) is 39.2 Å². The molecular weight excluding hydrogens is 411 g/mol. The second-order valence-corrected chi connectivity index (χ2v) is 8.08. The highest BCUT2D eigenvalue weighted by Gasteiger charge is 2.29. The fraction of sp³-hybridized carbons (Fsp3) is 0.375. The van der Waals surface area contributed by atoms with Crippen LogP contribution in [0.5, 0.6) is 0 Å². The van der Waals surface area contributed by atoms with Crippen molar-refractivity contribution in [2.75, 3.05) is 23.7 Å². The van der Waals surface area contributed by atoms with E-state index in [1.165, 1.54) is 24.3 Å². The summed E-state index contributed by atoms with van der Waals surface area (Å²) in [5.41, 5.74) is 1.36. The van der Waals surface area contributed by atoms with E-state index in [-0.39, 0.29) is 29.8 Å². The Morgan fingerprint density at radius 1 is 1.09 bits per heavy atom. The van der Waals surface area contributed by atoms with Gasteiger partial charge in [0.05, 0.1) is 5.92 Å². The van der Waals surface area contributed by atoms with Crippen molar-refractivity contribution in [3.63, 3.8) is 0 Å². The average molecular weight is 441 g/mol. The van der Waals surface area contributed by atoms with Crippen LogP contribution in [0, 0.1) is 11.7 Å². The number of rotatable bonds is 6. The Bertz CT molecular complexity index is 964. The first-order valence-electron chi connectivity index (χ1n) is 10.9. The molecule has 3 N–H and O–H groups in total. The zero-order chi connectivity index (χ0) is 23.1. The van der Waals surface area contributed by atoms with E-state index in [9.17, 15) is 18.8 Å². The van der Waals surface area contributed by atoms with E-state index in [0.717, 1.165) is 19.3 Å². The number of urea groups is 1. The minimum atomic E-state index is -0.413. The molecule has 0 bridgehead atoms. The number of halogens is 1. The lowest BCUT2D eigenvalue weighted by Gasteiger charge is -2.32. The van der Waals surface area contributed by atoms with Crippen molar-refractivity contribution < 1.29 is 18.8 Å². The maximum Gasteiger partial charge on any atom is 0.321 e. The number of nitrogens with zero attached hydrogens (tertiary/aromatic N) is 1. The number of hydrogen-bond acceptors (Lipinski definition) is 3. The van der Waals surface area contributed by atoms with E-state index in [4.69, 9.17) is 0 Å². The molecule has 1 saturated heterocycles. The smallest absolute Gasteiger partial charge is 0.321 e. The second kappa shape index (κ2) is 10.7. The number of hydrogen-bond donors (Lipinski definition) is 3.